The van der Waals surface area contributed by atoms with E-state index in [0.29, 0.717) is 62.3 Å². The Morgan fingerprint density at radius 2 is 1.51 bits per heavy atom. The highest BCUT2D eigenvalue weighted by Gasteiger charge is 2.25. The summed E-state index contributed by atoms with van der Waals surface area (Å²) in [7, 11) is 0. The van der Waals surface area contributed by atoms with Crippen LogP contribution in [-0.4, -0.2) is 59.3 Å². The van der Waals surface area contributed by atoms with Crippen molar-refractivity contribution >= 4 is 11.7 Å². The average molecular weight is 487 g/mol. The summed E-state index contributed by atoms with van der Waals surface area (Å²) < 4.78 is 14.3. The first-order chi connectivity index (χ1) is 16.7. The van der Waals surface area contributed by atoms with Gasteiger partial charge in [-0.3, -0.25) is 18.7 Å². The summed E-state index contributed by atoms with van der Waals surface area (Å²) in [4.78, 5) is 43.1. The van der Waals surface area contributed by atoms with E-state index in [4.69, 9.17) is 9.47 Å². The number of ether oxygens (including phenoxy) is 2. The number of hydrogen-bond donors (Lipinski definition) is 0. The maximum Gasteiger partial charge on any atom is 0.333 e. The van der Waals surface area contributed by atoms with Gasteiger partial charge in [0.05, 0.1) is 13.2 Å². The Bertz CT molecular complexity index is 1150. The number of anilines is 1. The lowest BCUT2D eigenvalue weighted by atomic mass is 10.1. The van der Waals surface area contributed by atoms with Crippen LogP contribution < -0.4 is 25.6 Å². The molecule has 1 amide bonds. The van der Waals surface area contributed by atoms with Gasteiger partial charge >= 0.3 is 5.69 Å². The van der Waals surface area contributed by atoms with Gasteiger partial charge in [0.2, 0.25) is 0 Å². The Kier molecular flexibility index (Phi) is 8.64. The molecule has 192 valence electrons. The van der Waals surface area contributed by atoms with E-state index in [0.717, 1.165) is 6.42 Å². The molecule has 2 heterocycles. The van der Waals surface area contributed by atoms with Crippen LogP contribution in [0.2, 0.25) is 0 Å². The first-order valence-corrected chi connectivity index (χ1v) is 12.5. The van der Waals surface area contributed by atoms with Gasteiger partial charge in [-0.25, -0.2) is 4.79 Å². The van der Waals surface area contributed by atoms with Crippen LogP contribution >= 0.6 is 0 Å². The fraction of sp³-hybridized carbons (Fsp3) is 0.577. The summed E-state index contributed by atoms with van der Waals surface area (Å²) in [6.07, 6.45) is 0.723. The van der Waals surface area contributed by atoms with Gasteiger partial charge in [-0.1, -0.05) is 0 Å². The third kappa shape index (κ3) is 5.71. The van der Waals surface area contributed by atoms with E-state index in [1.54, 1.807) is 28.8 Å². The minimum Gasteiger partial charge on any atom is -0.490 e. The summed E-state index contributed by atoms with van der Waals surface area (Å²) in [5.41, 5.74) is -0.0524. The SMILES string of the molecule is CCOc1ccc(C(=O)N2CCCN(c3cc(=O)n(C(C)C)c(=O)n3C(C)C)CC2)cc1OCC. The molecule has 0 aliphatic carbocycles. The Balaban J connectivity index is 1.85. The maximum absolute atomic E-state index is 13.3. The van der Waals surface area contributed by atoms with E-state index in [-0.39, 0.29) is 29.2 Å². The van der Waals surface area contributed by atoms with Crippen molar-refractivity contribution in [3.8, 4) is 11.5 Å². The van der Waals surface area contributed by atoms with E-state index in [1.165, 1.54) is 4.57 Å². The van der Waals surface area contributed by atoms with E-state index in [2.05, 4.69) is 0 Å². The number of carbonyl (C=O) groups excluding carboxylic acids is 1. The number of hydrogen-bond acceptors (Lipinski definition) is 6. The summed E-state index contributed by atoms with van der Waals surface area (Å²) >= 11 is 0. The highest BCUT2D eigenvalue weighted by Crippen LogP contribution is 2.29. The second kappa shape index (κ2) is 11.5. The van der Waals surface area contributed by atoms with Gasteiger partial charge in [-0.2, -0.15) is 0 Å². The summed E-state index contributed by atoms with van der Waals surface area (Å²) in [5, 5.41) is 0. The molecule has 1 saturated heterocycles. The van der Waals surface area contributed by atoms with Crippen LogP contribution in [0.5, 0.6) is 11.5 Å². The zero-order chi connectivity index (χ0) is 25.7. The van der Waals surface area contributed by atoms with Gasteiger partial charge in [0.1, 0.15) is 5.82 Å². The molecule has 1 aliphatic heterocycles. The van der Waals surface area contributed by atoms with E-state index < -0.39 is 0 Å². The van der Waals surface area contributed by atoms with Crippen LogP contribution in [0.25, 0.3) is 0 Å². The fourth-order valence-corrected chi connectivity index (χ4v) is 4.48. The number of benzene rings is 1. The largest absolute Gasteiger partial charge is 0.490 e. The quantitative estimate of drug-likeness (QED) is 0.569. The predicted octanol–water partition coefficient (Wildman–Crippen LogP) is 3.32. The molecular weight excluding hydrogens is 448 g/mol. The van der Waals surface area contributed by atoms with Crippen molar-refractivity contribution in [2.24, 2.45) is 0 Å². The third-order valence-corrected chi connectivity index (χ3v) is 6.08. The van der Waals surface area contributed by atoms with Crippen LogP contribution in [-0.2, 0) is 0 Å². The second-order valence-electron chi connectivity index (χ2n) is 9.21. The third-order valence-electron chi connectivity index (χ3n) is 6.08. The van der Waals surface area contributed by atoms with Crippen LogP contribution in [0, 0.1) is 0 Å². The molecule has 35 heavy (non-hydrogen) atoms. The van der Waals surface area contributed by atoms with Crippen molar-refractivity contribution in [2.75, 3.05) is 44.3 Å². The molecule has 2 aromatic rings. The maximum atomic E-state index is 13.3. The summed E-state index contributed by atoms with van der Waals surface area (Å²) in [5.74, 6) is 1.72. The number of amides is 1. The topological polar surface area (TPSA) is 86.0 Å². The normalized spacial score (nSPS) is 14.4. The number of aromatic nitrogens is 2. The van der Waals surface area contributed by atoms with Gasteiger partial charge in [0.15, 0.2) is 11.5 Å². The van der Waals surface area contributed by atoms with E-state index >= 15 is 0 Å². The summed E-state index contributed by atoms with van der Waals surface area (Å²) in [6, 6.07) is 6.51. The van der Waals surface area contributed by atoms with Crippen molar-refractivity contribution in [3.63, 3.8) is 0 Å². The molecule has 1 aliphatic rings. The fourth-order valence-electron chi connectivity index (χ4n) is 4.48. The molecule has 0 unspecified atom stereocenters. The van der Waals surface area contributed by atoms with E-state index in [9.17, 15) is 14.4 Å². The van der Waals surface area contributed by atoms with Gasteiger partial charge in [-0.15, -0.1) is 0 Å². The van der Waals surface area contributed by atoms with Crippen molar-refractivity contribution in [1.82, 2.24) is 14.0 Å². The van der Waals surface area contributed by atoms with Gasteiger partial charge in [0, 0.05) is 49.9 Å². The zero-order valence-corrected chi connectivity index (χ0v) is 21.7. The number of rotatable bonds is 8. The first-order valence-electron chi connectivity index (χ1n) is 12.5. The lowest BCUT2D eigenvalue weighted by molar-refractivity contribution is 0.0766. The Hall–Kier alpha value is -3.23. The molecule has 9 heteroatoms. The monoisotopic (exact) mass is 486 g/mol. The van der Waals surface area contributed by atoms with Crippen LogP contribution in [0.1, 0.15) is 70.4 Å². The lowest BCUT2D eigenvalue weighted by Crippen LogP contribution is -2.45. The van der Waals surface area contributed by atoms with Crippen molar-refractivity contribution in [3.05, 3.63) is 50.7 Å². The van der Waals surface area contributed by atoms with E-state index in [1.807, 2.05) is 51.3 Å². The molecule has 0 radical (unpaired) electrons. The molecule has 0 saturated carbocycles. The van der Waals surface area contributed by atoms with Gasteiger partial charge < -0.3 is 19.3 Å². The van der Waals surface area contributed by atoms with Crippen molar-refractivity contribution in [2.45, 2.75) is 60.0 Å². The highest BCUT2D eigenvalue weighted by atomic mass is 16.5. The molecule has 9 nitrogen and oxygen atoms in total. The molecule has 1 aromatic heterocycles. The molecule has 1 fully saturated rings. The number of carbonyl (C=O) groups is 1. The van der Waals surface area contributed by atoms with Gasteiger partial charge in [-0.05, 0) is 66.2 Å². The predicted molar refractivity (Wildman–Crippen MR) is 137 cm³/mol. The first kappa shape index (κ1) is 26.4. The van der Waals surface area contributed by atoms with Crippen LogP contribution in [0.3, 0.4) is 0 Å². The minimum absolute atomic E-state index is 0.0765. The standard InChI is InChI=1S/C26H38N4O5/c1-7-34-21-11-10-20(16-22(21)35-8-2)25(32)28-13-9-12-27(14-15-28)23-17-24(31)30(19(5)6)26(33)29(23)18(3)4/h10-11,16-19H,7-9,12-15H2,1-6H3. The average Bonchev–Trinajstić information content (AvgIpc) is 3.05. The smallest absolute Gasteiger partial charge is 0.333 e. The molecule has 0 spiro atoms. The van der Waals surface area contributed by atoms with Crippen LogP contribution in [0.4, 0.5) is 5.82 Å². The molecule has 3 rings (SSSR count). The Labute approximate surface area is 206 Å². The minimum atomic E-state index is -0.299. The highest BCUT2D eigenvalue weighted by molar-refractivity contribution is 5.95. The Morgan fingerprint density at radius 1 is 0.857 bits per heavy atom. The molecule has 0 bridgehead atoms. The van der Waals surface area contributed by atoms with Crippen molar-refractivity contribution < 1.29 is 14.3 Å². The lowest BCUT2D eigenvalue weighted by Gasteiger charge is -2.29. The number of nitrogens with zero attached hydrogens (tertiary/aromatic N) is 4. The molecule has 1 aromatic carbocycles. The summed E-state index contributed by atoms with van der Waals surface area (Å²) in [6.45, 7) is 14.6. The second-order valence-corrected chi connectivity index (χ2v) is 9.21. The van der Waals surface area contributed by atoms with Gasteiger partial charge in [0.25, 0.3) is 11.5 Å². The zero-order valence-electron chi connectivity index (χ0n) is 21.7. The van der Waals surface area contributed by atoms with Crippen molar-refractivity contribution in [1.29, 1.82) is 0 Å². The molecule has 0 N–H and O–H groups in total. The molecular formula is C26H38N4O5. The Morgan fingerprint density at radius 3 is 2.14 bits per heavy atom. The molecule has 0 atom stereocenters. The van der Waals surface area contributed by atoms with Crippen LogP contribution in [0.15, 0.2) is 33.9 Å².